The van der Waals surface area contributed by atoms with E-state index in [1.54, 1.807) is 16.4 Å². The molecule has 0 spiro atoms. The van der Waals surface area contributed by atoms with Crippen molar-refractivity contribution < 1.29 is 13.5 Å². The zero-order chi connectivity index (χ0) is 23.7. The molecule has 2 unspecified atom stereocenters. The lowest BCUT2D eigenvalue weighted by Crippen LogP contribution is -2.67. The van der Waals surface area contributed by atoms with Crippen molar-refractivity contribution in [3.8, 4) is 11.1 Å². The second kappa shape index (κ2) is 9.62. The second-order valence-corrected chi connectivity index (χ2v) is 11.3. The van der Waals surface area contributed by atoms with Crippen LogP contribution in [-0.4, -0.2) is 61.1 Å². The number of fused-ring (bicyclic) bond motifs is 1. The van der Waals surface area contributed by atoms with Gasteiger partial charge in [-0.2, -0.15) is 4.31 Å². The summed E-state index contributed by atoms with van der Waals surface area (Å²) in [6.45, 7) is 3.80. The highest BCUT2D eigenvalue weighted by molar-refractivity contribution is 7.89. The van der Waals surface area contributed by atoms with Gasteiger partial charge in [0.15, 0.2) is 0 Å². The molecule has 5 rings (SSSR count). The van der Waals surface area contributed by atoms with Crippen molar-refractivity contribution in [1.82, 2.24) is 9.21 Å². The van der Waals surface area contributed by atoms with Crippen LogP contribution in [0.3, 0.4) is 0 Å². The van der Waals surface area contributed by atoms with E-state index < -0.39 is 10.0 Å². The third-order valence-corrected chi connectivity index (χ3v) is 9.47. The average Bonchev–Trinajstić information content (AvgIpc) is 2.84. The normalized spacial score (nSPS) is 24.0. The Morgan fingerprint density at radius 2 is 1.50 bits per heavy atom. The van der Waals surface area contributed by atoms with Gasteiger partial charge in [0.25, 0.3) is 0 Å². The number of hydrogen-bond donors (Lipinski definition) is 1. The van der Waals surface area contributed by atoms with Gasteiger partial charge in [0.05, 0.1) is 11.5 Å². The Labute approximate surface area is 202 Å². The molecule has 3 aromatic rings. The van der Waals surface area contributed by atoms with Crippen LogP contribution in [0.5, 0.6) is 0 Å². The van der Waals surface area contributed by atoms with Crippen LogP contribution in [0.2, 0.25) is 0 Å². The topological polar surface area (TPSA) is 60.9 Å². The SMILES string of the molecule is Cc1ccccc1S(=O)(=O)N1CCCCN2C(CO)[C@@H](c3ccc(-c4ccccc4)cc3)C2C1. The smallest absolute Gasteiger partial charge is 0.243 e. The third kappa shape index (κ3) is 4.20. The van der Waals surface area contributed by atoms with E-state index in [4.69, 9.17) is 0 Å². The highest BCUT2D eigenvalue weighted by Crippen LogP contribution is 2.43. The summed E-state index contributed by atoms with van der Waals surface area (Å²) in [7, 11) is -3.58. The van der Waals surface area contributed by atoms with Crippen molar-refractivity contribution in [2.24, 2.45) is 0 Å². The van der Waals surface area contributed by atoms with E-state index in [0.29, 0.717) is 18.0 Å². The van der Waals surface area contributed by atoms with Gasteiger partial charge in [-0.3, -0.25) is 4.90 Å². The first-order valence-corrected chi connectivity index (χ1v) is 13.5. The van der Waals surface area contributed by atoms with Gasteiger partial charge in [-0.25, -0.2) is 8.42 Å². The molecule has 2 fully saturated rings. The monoisotopic (exact) mass is 476 g/mol. The lowest BCUT2D eigenvalue weighted by molar-refractivity contribution is -0.0553. The summed E-state index contributed by atoms with van der Waals surface area (Å²) >= 11 is 0. The Hall–Kier alpha value is -2.51. The van der Waals surface area contributed by atoms with Crippen LogP contribution in [0.4, 0.5) is 0 Å². The minimum atomic E-state index is -3.58. The first kappa shape index (κ1) is 23.2. The van der Waals surface area contributed by atoms with Gasteiger partial charge in [0, 0.05) is 31.1 Å². The number of aliphatic hydroxyl groups is 1. The first-order valence-electron chi connectivity index (χ1n) is 12.1. The predicted octanol–water partition coefficient (Wildman–Crippen LogP) is 4.28. The Balaban J connectivity index is 1.44. The predicted molar refractivity (Wildman–Crippen MR) is 135 cm³/mol. The van der Waals surface area contributed by atoms with Crippen LogP contribution in [0.25, 0.3) is 11.1 Å². The summed E-state index contributed by atoms with van der Waals surface area (Å²) in [5, 5.41) is 10.2. The minimum absolute atomic E-state index is 0.0219. The maximum Gasteiger partial charge on any atom is 0.243 e. The fraction of sp³-hybridized carbons (Fsp3) is 0.357. The Bertz CT molecular complexity index is 1230. The Kier molecular flexibility index (Phi) is 6.58. The average molecular weight is 477 g/mol. The second-order valence-electron chi connectivity index (χ2n) is 9.40. The molecule has 0 aliphatic carbocycles. The highest BCUT2D eigenvalue weighted by atomic mass is 32.2. The maximum absolute atomic E-state index is 13.6. The first-order chi connectivity index (χ1) is 16.5. The van der Waals surface area contributed by atoms with Crippen LogP contribution in [0.1, 0.15) is 29.9 Å². The van der Waals surface area contributed by atoms with E-state index in [-0.39, 0.29) is 24.6 Å². The van der Waals surface area contributed by atoms with Crippen LogP contribution in [0.15, 0.2) is 83.8 Å². The molecule has 6 heteroatoms. The molecular weight excluding hydrogens is 444 g/mol. The van der Waals surface area contributed by atoms with Gasteiger partial charge in [-0.1, -0.05) is 72.8 Å². The molecule has 2 aliphatic heterocycles. The molecule has 2 aliphatic rings. The third-order valence-electron chi connectivity index (χ3n) is 7.45. The lowest BCUT2D eigenvalue weighted by atomic mass is 9.74. The van der Waals surface area contributed by atoms with Gasteiger partial charge in [-0.15, -0.1) is 0 Å². The standard InChI is InChI=1S/C28H32N2O3S/c1-21-9-5-6-12-27(21)34(32,33)29-17-7-8-18-30-25(19-29)28(26(30)20-31)24-15-13-23(14-16-24)22-10-3-2-4-11-22/h2-6,9-16,25-26,28,31H,7-8,17-20H2,1H3/t25?,26?,28-/m0/s1. The molecule has 3 atom stereocenters. The van der Waals surface area contributed by atoms with Crippen LogP contribution in [0, 0.1) is 6.92 Å². The van der Waals surface area contributed by atoms with Crippen molar-refractivity contribution in [2.75, 3.05) is 26.2 Å². The number of sulfonamides is 1. The number of aliphatic hydroxyl groups excluding tert-OH is 1. The molecule has 2 heterocycles. The van der Waals surface area contributed by atoms with Crippen molar-refractivity contribution in [2.45, 2.75) is 42.7 Å². The van der Waals surface area contributed by atoms with Crippen molar-refractivity contribution in [3.05, 3.63) is 90.0 Å². The van der Waals surface area contributed by atoms with E-state index in [0.717, 1.165) is 36.1 Å². The fourth-order valence-electron chi connectivity index (χ4n) is 5.64. The summed E-state index contributed by atoms with van der Waals surface area (Å²) in [6.07, 6.45) is 1.75. The lowest BCUT2D eigenvalue weighted by Gasteiger charge is -2.57. The molecule has 1 N–H and O–H groups in total. The molecule has 0 radical (unpaired) electrons. The number of aryl methyl sites for hydroxylation is 1. The molecule has 3 aromatic carbocycles. The summed E-state index contributed by atoms with van der Waals surface area (Å²) < 4.78 is 28.9. The van der Waals surface area contributed by atoms with Crippen molar-refractivity contribution in [1.29, 1.82) is 0 Å². The van der Waals surface area contributed by atoms with Crippen LogP contribution < -0.4 is 0 Å². The summed E-state index contributed by atoms with van der Waals surface area (Å²) in [5.74, 6) is 0.0995. The highest BCUT2D eigenvalue weighted by Gasteiger charge is 2.50. The van der Waals surface area contributed by atoms with E-state index in [2.05, 4.69) is 41.3 Å². The number of rotatable bonds is 5. The largest absolute Gasteiger partial charge is 0.395 e. The van der Waals surface area contributed by atoms with Gasteiger partial charge in [-0.05, 0) is 54.6 Å². The number of benzene rings is 3. The van der Waals surface area contributed by atoms with Gasteiger partial charge < -0.3 is 5.11 Å². The quantitative estimate of drug-likeness (QED) is 0.597. The van der Waals surface area contributed by atoms with Crippen molar-refractivity contribution in [3.63, 3.8) is 0 Å². The molecule has 2 saturated heterocycles. The molecule has 0 amide bonds. The summed E-state index contributed by atoms with van der Waals surface area (Å²) in [4.78, 5) is 2.71. The zero-order valence-electron chi connectivity index (χ0n) is 19.5. The molecule has 5 nitrogen and oxygen atoms in total. The van der Waals surface area contributed by atoms with E-state index >= 15 is 0 Å². The molecule has 0 bridgehead atoms. The molecule has 178 valence electrons. The van der Waals surface area contributed by atoms with Gasteiger partial charge in [0.1, 0.15) is 0 Å². The van der Waals surface area contributed by atoms with E-state index in [1.807, 2.05) is 37.3 Å². The Morgan fingerprint density at radius 1 is 0.853 bits per heavy atom. The maximum atomic E-state index is 13.6. The zero-order valence-corrected chi connectivity index (χ0v) is 20.4. The molecule has 0 saturated carbocycles. The van der Waals surface area contributed by atoms with E-state index in [1.165, 1.54) is 5.56 Å². The minimum Gasteiger partial charge on any atom is -0.395 e. The number of nitrogens with zero attached hydrogens (tertiary/aromatic N) is 2. The van der Waals surface area contributed by atoms with Gasteiger partial charge in [0.2, 0.25) is 10.0 Å². The molecule has 0 aromatic heterocycles. The summed E-state index contributed by atoms with van der Waals surface area (Å²) in [5.41, 5.74) is 4.26. The van der Waals surface area contributed by atoms with Gasteiger partial charge >= 0.3 is 0 Å². The van der Waals surface area contributed by atoms with Crippen molar-refractivity contribution >= 4 is 10.0 Å². The number of hydrogen-bond acceptors (Lipinski definition) is 4. The van der Waals surface area contributed by atoms with E-state index in [9.17, 15) is 13.5 Å². The Morgan fingerprint density at radius 3 is 2.21 bits per heavy atom. The molecule has 34 heavy (non-hydrogen) atoms. The summed E-state index contributed by atoms with van der Waals surface area (Å²) in [6, 6.07) is 26.1. The fourth-order valence-corrected chi connectivity index (χ4v) is 7.36. The van der Waals surface area contributed by atoms with Crippen LogP contribution in [-0.2, 0) is 10.0 Å². The molecular formula is C28H32N2O3S. The van der Waals surface area contributed by atoms with Crippen LogP contribution >= 0.6 is 0 Å².